The molecule has 0 atom stereocenters. The van der Waals surface area contributed by atoms with Crippen molar-refractivity contribution < 1.29 is 9.53 Å². The summed E-state index contributed by atoms with van der Waals surface area (Å²) in [5, 5.41) is 0. The van der Waals surface area contributed by atoms with Gasteiger partial charge in [-0.05, 0) is 29.7 Å². The van der Waals surface area contributed by atoms with Gasteiger partial charge in [0.25, 0.3) is 0 Å². The van der Waals surface area contributed by atoms with Crippen LogP contribution in [-0.4, -0.2) is 12.9 Å². The number of fused-ring (bicyclic) bond motifs is 1. The van der Waals surface area contributed by atoms with E-state index in [9.17, 15) is 4.79 Å². The largest absolute Gasteiger partial charge is 0.496 e. The summed E-state index contributed by atoms with van der Waals surface area (Å²) in [5.74, 6) is 1.09. The summed E-state index contributed by atoms with van der Waals surface area (Å²) in [6.07, 6.45) is 0.546. The molecule has 3 rings (SSSR count). The Labute approximate surface area is 106 Å². The van der Waals surface area contributed by atoms with Crippen LogP contribution in [0.25, 0.3) is 11.1 Å². The lowest BCUT2D eigenvalue weighted by atomic mass is 9.79. The Morgan fingerprint density at radius 2 is 1.83 bits per heavy atom. The van der Waals surface area contributed by atoms with Crippen LogP contribution in [0.5, 0.6) is 5.75 Å². The normalized spacial score (nSPS) is 12.9. The highest BCUT2D eigenvalue weighted by atomic mass is 16.5. The molecule has 0 unspecified atom stereocenters. The van der Waals surface area contributed by atoms with Crippen LogP contribution in [0, 0.1) is 6.92 Å². The van der Waals surface area contributed by atoms with Crippen LogP contribution >= 0.6 is 0 Å². The molecule has 0 radical (unpaired) electrons. The molecule has 0 heterocycles. The standard InChI is InChI=1S/C16H14O2/c1-10-7-8-11-13(9-14(11)17)16(10)12-5-3-4-6-15(12)18-2/h3-8H,9H2,1-2H3. The number of rotatable bonds is 2. The second-order valence-electron chi connectivity index (χ2n) is 4.58. The molecule has 2 aromatic carbocycles. The fraction of sp³-hybridized carbons (Fsp3) is 0.188. The van der Waals surface area contributed by atoms with Crippen LogP contribution in [0.3, 0.4) is 0 Å². The topological polar surface area (TPSA) is 26.3 Å². The van der Waals surface area contributed by atoms with Gasteiger partial charge >= 0.3 is 0 Å². The van der Waals surface area contributed by atoms with E-state index in [0.717, 1.165) is 28.0 Å². The van der Waals surface area contributed by atoms with Crippen LogP contribution in [0.2, 0.25) is 0 Å². The molecule has 1 aliphatic rings. The maximum Gasteiger partial charge on any atom is 0.167 e. The van der Waals surface area contributed by atoms with E-state index >= 15 is 0 Å². The lowest BCUT2D eigenvalue weighted by molar-refractivity contribution is 0.0968. The van der Waals surface area contributed by atoms with Gasteiger partial charge in [0.2, 0.25) is 0 Å². The minimum Gasteiger partial charge on any atom is -0.496 e. The lowest BCUT2D eigenvalue weighted by Gasteiger charge is -2.24. The Hall–Kier alpha value is -2.09. The molecule has 0 fully saturated rings. The van der Waals surface area contributed by atoms with Crippen molar-refractivity contribution in [1.29, 1.82) is 0 Å². The number of para-hydroxylation sites is 1. The average molecular weight is 238 g/mol. The maximum atomic E-state index is 11.5. The van der Waals surface area contributed by atoms with Gasteiger partial charge < -0.3 is 4.74 Å². The molecule has 0 saturated heterocycles. The summed E-state index contributed by atoms with van der Waals surface area (Å²) in [5.41, 5.74) is 5.43. The predicted octanol–water partition coefficient (Wildman–Crippen LogP) is 3.41. The van der Waals surface area contributed by atoms with E-state index < -0.39 is 0 Å². The van der Waals surface area contributed by atoms with Crippen molar-refractivity contribution in [3.05, 3.63) is 53.1 Å². The first-order valence-electron chi connectivity index (χ1n) is 6.01. The molecule has 0 saturated carbocycles. The zero-order chi connectivity index (χ0) is 12.7. The number of benzene rings is 2. The number of hydrogen-bond acceptors (Lipinski definition) is 2. The number of ether oxygens (including phenoxy) is 1. The van der Waals surface area contributed by atoms with Gasteiger partial charge in [-0.25, -0.2) is 0 Å². The minimum atomic E-state index is 0.237. The van der Waals surface area contributed by atoms with Gasteiger partial charge in [0.05, 0.1) is 7.11 Å². The predicted molar refractivity (Wildman–Crippen MR) is 71.2 cm³/mol. The van der Waals surface area contributed by atoms with E-state index in [4.69, 9.17) is 4.74 Å². The van der Waals surface area contributed by atoms with Gasteiger partial charge in [0, 0.05) is 17.5 Å². The molecule has 0 aliphatic heterocycles. The van der Waals surface area contributed by atoms with E-state index in [0.29, 0.717) is 6.42 Å². The second kappa shape index (κ2) is 3.98. The maximum absolute atomic E-state index is 11.5. The van der Waals surface area contributed by atoms with E-state index in [2.05, 4.69) is 6.92 Å². The van der Waals surface area contributed by atoms with Crippen molar-refractivity contribution in [3.63, 3.8) is 0 Å². The van der Waals surface area contributed by atoms with Crippen molar-refractivity contribution >= 4 is 5.78 Å². The molecule has 0 aromatic heterocycles. The van der Waals surface area contributed by atoms with Crippen molar-refractivity contribution in [2.24, 2.45) is 0 Å². The van der Waals surface area contributed by atoms with Gasteiger partial charge in [0.1, 0.15) is 5.75 Å². The molecule has 2 heteroatoms. The zero-order valence-corrected chi connectivity index (χ0v) is 10.5. The highest BCUT2D eigenvalue weighted by Gasteiger charge is 2.28. The third-order valence-corrected chi connectivity index (χ3v) is 3.54. The fourth-order valence-corrected chi connectivity index (χ4v) is 2.59. The highest BCUT2D eigenvalue weighted by molar-refractivity contribution is 6.09. The zero-order valence-electron chi connectivity index (χ0n) is 10.5. The molecule has 0 amide bonds. The minimum absolute atomic E-state index is 0.237. The van der Waals surface area contributed by atoms with E-state index in [1.54, 1.807) is 7.11 Å². The van der Waals surface area contributed by atoms with E-state index in [-0.39, 0.29) is 5.78 Å². The first kappa shape index (κ1) is 11.0. The molecule has 0 bridgehead atoms. The summed E-state index contributed by atoms with van der Waals surface area (Å²) in [6, 6.07) is 11.9. The molecular formula is C16H14O2. The molecule has 1 aliphatic carbocycles. The highest BCUT2D eigenvalue weighted by Crippen LogP contribution is 2.39. The SMILES string of the molecule is COc1ccccc1-c1c(C)ccc2c1CC2=O. The quantitative estimate of drug-likeness (QED) is 0.801. The molecule has 2 nitrogen and oxygen atoms in total. The third-order valence-electron chi connectivity index (χ3n) is 3.54. The van der Waals surface area contributed by atoms with Crippen LogP contribution in [0.4, 0.5) is 0 Å². The van der Waals surface area contributed by atoms with Gasteiger partial charge in [-0.3, -0.25) is 4.79 Å². The first-order valence-corrected chi connectivity index (χ1v) is 6.01. The van der Waals surface area contributed by atoms with Crippen LogP contribution < -0.4 is 4.74 Å². The third kappa shape index (κ3) is 1.46. The Bertz CT molecular complexity index is 642. The van der Waals surface area contributed by atoms with E-state index in [1.807, 2.05) is 36.4 Å². The fourth-order valence-electron chi connectivity index (χ4n) is 2.59. The number of hydrogen-bond donors (Lipinski definition) is 0. The average Bonchev–Trinajstić information content (AvgIpc) is 2.38. The summed E-state index contributed by atoms with van der Waals surface area (Å²) >= 11 is 0. The molecule has 2 aromatic rings. The number of carbonyl (C=O) groups excluding carboxylic acids is 1. The summed E-state index contributed by atoms with van der Waals surface area (Å²) in [6.45, 7) is 2.07. The van der Waals surface area contributed by atoms with Crippen molar-refractivity contribution in [2.45, 2.75) is 13.3 Å². The summed E-state index contributed by atoms with van der Waals surface area (Å²) < 4.78 is 5.42. The number of aryl methyl sites for hydroxylation is 1. The molecule has 0 spiro atoms. The summed E-state index contributed by atoms with van der Waals surface area (Å²) in [4.78, 5) is 11.5. The number of methoxy groups -OCH3 is 1. The molecule has 0 N–H and O–H groups in total. The second-order valence-corrected chi connectivity index (χ2v) is 4.58. The number of carbonyl (C=O) groups is 1. The monoisotopic (exact) mass is 238 g/mol. The lowest BCUT2D eigenvalue weighted by Crippen LogP contribution is -2.20. The summed E-state index contributed by atoms with van der Waals surface area (Å²) in [7, 11) is 1.68. The Balaban J connectivity index is 2.27. The number of Topliss-reactive ketones (excluding diaryl/α,β-unsaturated/α-hetero) is 1. The molecular weight excluding hydrogens is 224 g/mol. The van der Waals surface area contributed by atoms with Crippen molar-refractivity contribution in [3.8, 4) is 16.9 Å². The van der Waals surface area contributed by atoms with Crippen LogP contribution in [0.1, 0.15) is 21.5 Å². The van der Waals surface area contributed by atoms with Crippen LogP contribution in [-0.2, 0) is 6.42 Å². The Kier molecular flexibility index (Phi) is 2.44. The number of ketones is 1. The van der Waals surface area contributed by atoms with Gasteiger partial charge in [-0.1, -0.05) is 30.3 Å². The molecule has 18 heavy (non-hydrogen) atoms. The van der Waals surface area contributed by atoms with Crippen molar-refractivity contribution in [1.82, 2.24) is 0 Å². The molecule has 90 valence electrons. The Morgan fingerprint density at radius 3 is 2.56 bits per heavy atom. The van der Waals surface area contributed by atoms with E-state index in [1.165, 1.54) is 5.56 Å². The van der Waals surface area contributed by atoms with Gasteiger partial charge in [-0.15, -0.1) is 0 Å². The smallest absolute Gasteiger partial charge is 0.167 e. The van der Waals surface area contributed by atoms with Crippen molar-refractivity contribution in [2.75, 3.05) is 7.11 Å². The Morgan fingerprint density at radius 1 is 1.06 bits per heavy atom. The van der Waals surface area contributed by atoms with Crippen LogP contribution in [0.15, 0.2) is 36.4 Å². The first-order chi connectivity index (χ1) is 8.72. The van der Waals surface area contributed by atoms with Gasteiger partial charge in [-0.2, -0.15) is 0 Å². The van der Waals surface area contributed by atoms with Gasteiger partial charge in [0.15, 0.2) is 5.78 Å².